The van der Waals surface area contributed by atoms with E-state index in [0.29, 0.717) is 42.9 Å². The number of halogens is 2. The minimum atomic E-state index is -0.550. The largest absolute Gasteiger partial charge is 0.370 e. The molecule has 1 saturated heterocycles. The van der Waals surface area contributed by atoms with Crippen LogP contribution in [0.5, 0.6) is 0 Å². The molecule has 6 rings (SSSR count). The molecule has 0 radical (unpaired) electrons. The summed E-state index contributed by atoms with van der Waals surface area (Å²) < 4.78 is 22.9. The van der Waals surface area contributed by atoms with Crippen LogP contribution >= 0.6 is 11.6 Å². The molecule has 10 heteroatoms. The summed E-state index contributed by atoms with van der Waals surface area (Å²) in [5, 5.41) is 5.00. The molecule has 174 valence electrons. The second-order valence-corrected chi connectivity index (χ2v) is 9.23. The number of anilines is 1. The number of ether oxygens (including phenoxy) is 1. The number of aromatic nitrogens is 5. The second kappa shape index (κ2) is 8.18. The van der Waals surface area contributed by atoms with Crippen molar-refractivity contribution in [3.05, 3.63) is 69.2 Å². The summed E-state index contributed by atoms with van der Waals surface area (Å²) in [6.07, 6.45) is 6.08. The summed E-state index contributed by atoms with van der Waals surface area (Å²) in [4.78, 5) is 26.9. The maximum absolute atomic E-state index is 14.9. The normalized spacial score (nSPS) is 18.6. The van der Waals surface area contributed by atoms with Crippen molar-refractivity contribution in [2.24, 2.45) is 0 Å². The maximum atomic E-state index is 14.9. The molecule has 0 amide bonds. The fourth-order valence-electron chi connectivity index (χ4n) is 4.42. The second-order valence-electron chi connectivity index (χ2n) is 8.79. The van der Waals surface area contributed by atoms with Gasteiger partial charge in [-0.15, -0.1) is 0 Å². The van der Waals surface area contributed by atoms with Crippen molar-refractivity contribution < 1.29 is 9.13 Å². The van der Waals surface area contributed by atoms with Gasteiger partial charge >= 0.3 is 0 Å². The zero-order valence-corrected chi connectivity index (χ0v) is 19.2. The van der Waals surface area contributed by atoms with Gasteiger partial charge in [0.2, 0.25) is 0 Å². The van der Waals surface area contributed by atoms with Crippen molar-refractivity contribution in [1.29, 1.82) is 0 Å². The summed E-state index contributed by atoms with van der Waals surface area (Å²) in [6.45, 7) is 3.38. The third kappa shape index (κ3) is 3.84. The van der Waals surface area contributed by atoms with Gasteiger partial charge in [0.1, 0.15) is 23.6 Å². The van der Waals surface area contributed by atoms with Crippen LogP contribution in [0, 0.1) is 12.7 Å². The fraction of sp³-hybridized carbons (Fsp3) is 0.333. The summed E-state index contributed by atoms with van der Waals surface area (Å²) in [5.74, 6) is 0.535. The molecule has 1 aromatic carbocycles. The lowest BCUT2D eigenvalue weighted by molar-refractivity contribution is 0.0395. The van der Waals surface area contributed by atoms with Crippen LogP contribution in [0.1, 0.15) is 36.4 Å². The van der Waals surface area contributed by atoms with Crippen molar-refractivity contribution in [3.63, 3.8) is 0 Å². The van der Waals surface area contributed by atoms with E-state index >= 15 is 0 Å². The number of hydrogen-bond donors (Lipinski definition) is 1. The molecule has 0 bridgehead atoms. The average Bonchev–Trinajstić information content (AvgIpc) is 3.54. The predicted molar refractivity (Wildman–Crippen MR) is 127 cm³/mol. The van der Waals surface area contributed by atoms with E-state index < -0.39 is 5.82 Å². The first-order valence-electron chi connectivity index (χ1n) is 11.2. The number of aryl methyl sites for hydroxylation is 1. The van der Waals surface area contributed by atoms with E-state index in [1.807, 2.05) is 10.9 Å². The summed E-state index contributed by atoms with van der Waals surface area (Å²) >= 11 is 5.96. The lowest BCUT2D eigenvalue weighted by Gasteiger charge is -2.33. The van der Waals surface area contributed by atoms with Gasteiger partial charge in [-0.2, -0.15) is 5.10 Å². The number of nitrogens with one attached hydrogen (secondary N) is 1. The molecule has 2 fully saturated rings. The van der Waals surface area contributed by atoms with E-state index in [1.165, 1.54) is 12.1 Å². The number of morpholine rings is 1. The molecule has 2 aliphatic rings. The van der Waals surface area contributed by atoms with Crippen LogP contribution < -0.4 is 10.5 Å². The molecule has 8 nitrogen and oxygen atoms in total. The van der Waals surface area contributed by atoms with Crippen LogP contribution in [0.4, 0.5) is 10.2 Å². The number of nitrogens with zero attached hydrogens (tertiary/aromatic N) is 5. The Bertz CT molecular complexity index is 1460. The van der Waals surface area contributed by atoms with Gasteiger partial charge in [-0.1, -0.05) is 11.6 Å². The maximum Gasteiger partial charge on any atom is 0.260 e. The van der Waals surface area contributed by atoms with Gasteiger partial charge in [-0.25, -0.2) is 14.4 Å². The zero-order valence-electron chi connectivity index (χ0n) is 18.5. The Hall–Kier alpha value is -3.30. The third-order valence-electron chi connectivity index (χ3n) is 6.29. The number of rotatable bonds is 4. The van der Waals surface area contributed by atoms with Crippen molar-refractivity contribution >= 4 is 28.3 Å². The molecule has 1 N–H and O–H groups in total. The van der Waals surface area contributed by atoms with Gasteiger partial charge in [0.25, 0.3) is 5.56 Å². The Kier molecular flexibility index (Phi) is 5.11. The van der Waals surface area contributed by atoms with E-state index in [9.17, 15) is 9.18 Å². The number of fused-ring (bicyclic) bond motifs is 1. The summed E-state index contributed by atoms with van der Waals surface area (Å²) in [7, 11) is 0. The lowest BCUT2D eigenvalue weighted by atomic mass is 10.1. The first-order valence-corrected chi connectivity index (χ1v) is 11.6. The van der Waals surface area contributed by atoms with Crippen LogP contribution in [0.2, 0.25) is 5.02 Å². The highest BCUT2D eigenvalue weighted by Crippen LogP contribution is 2.36. The SMILES string of the molecule is Cc1nc2cc(N3CCO[C@@H](c4cnn(C5CC5)c4)C3)nc(-c3ccc(Cl)cc3F)c2c(=O)[nH]1. The van der Waals surface area contributed by atoms with Crippen molar-refractivity contribution in [3.8, 4) is 11.3 Å². The Labute approximate surface area is 199 Å². The number of hydrogen-bond acceptors (Lipinski definition) is 6. The molecular weight excluding hydrogens is 459 g/mol. The molecule has 0 spiro atoms. The molecule has 1 aliphatic heterocycles. The van der Waals surface area contributed by atoms with Gasteiger partial charge in [-0.3, -0.25) is 9.48 Å². The fourth-order valence-corrected chi connectivity index (χ4v) is 4.58. The van der Waals surface area contributed by atoms with Gasteiger partial charge in [0.05, 0.1) is 35.4 Å². The monoisotopic (exact) mass is 480 g/mol. The number of benzene rings is 1. The Balaban J connectivity index is 1.43. The van der Waals surface area contributed by atoms with Gasteiger partial charge in [-0.05, 0) is 38.0 Å². The highest BCUT2D eigenvalue weighted by molar-refractivity contribution is 6.30. The molecular formula is C24H22ClFN6O2. The van der Waals surface area contributed by atoms with E-state index in [2.05, 4.69) is 26.2 Å². The quantitative estimate of drug-likeness (QED) is 0.471. The molecule has 4 heterocycles. The molecule has 1 atom stereocenters. The molecule has 1 saturated carbocycles. The van der Waals surface area contributed by atoms with Gasteiger partial charge in [0, 0.05) is 41.5 Å². The Morgan fingerprint density at radius 1 is 1.24 bits per heavy atom. The van der Waals surface area contributed by atoms with Crippen LogP contribution in [-0.4, -0.2) is 44.4 Å². The van der Waals surface area contributed by atoms with Crippen LogP contribution in [0.3, 0.4) is 0 Å². The standard InChI is InChI=1S/C24H22ClFN6O2/c1-13-28-19-9-21(30-23(22(19)24(33)29-13)17-5-2-15(25)8-18(17)26)31-6-7-34-20(12-31)14-10-27-32(11-14)16-3-4-16/h2,5,8-11,16,20H,3-4,6-7,12H2,1H3,(H,28,29,33)/t20-/m1/s1. The van der Waals surface area contributed by atoms with E-state index in [0.717, 1.165) is 18.4 Å². The minimum absolute atomic E-state index is 0.164. The molecule has 3 aromatic heterocycles. The van der Waals surface area contributed by atoms with Gasteiger partial charge < -0.3 is 14.6 Å². The topological polar surface area (TPSA) is 88.9 Å². The third-order valence-corrected chi connectivity index (χ3v) is 6.52. The van der Waals surface area contributed by atoms with Crippen LogP contribution in [0.25, 0.3) is 22.2 Å². The number of pyridine rings is 1. The minimum Gasteiger partial charge on any atom is -0.370 e. The average molecular weight is 481 g/mol. The van der Waals surface area contributed by atoms with Crippen molar-refractivity contribution in [1.82, 2.24) is 24.7 Å². The highest BCUT2D eigenvalue weighted by atomic mass is 35.5. The van der Waals surface area contributed by atoms with E-state index in [4.69, 9.17) is 21.3 Å². The lowest BCUT2D eigenvalue weighted by Crippen LogP contribution is -2.39. The Morgan fingerprint density at radius 3 is 2.88 bits per heavy atom. The van der Waals surface area contributed by atoms with Crippen molar-refractivity contribution in [2.45, 2.75) is 31.9 Å². The van der Waals surface area contributed by atoms with E-state index in [-0.39, 0.29) is 33.3 Å². The number of aromatic amines is 1. The molecule has 34 heavy (non-hydrogen) atoms. The number of H-pyrrole nitrogens is 1. The molecule has 0 unspecified atom stereocenters. The first kappa shape index (κ1) is 21.2. The predicted octanol–water partition coefficient (Wildman–Crippen LogP) is 4.20. The molecule has 1 aliphatic carbocycles. The van der Waals surface area contributed by atoms with Crippen LogP contribution in [-0.2, 0) is 4.74 Å². The van der Waals surface area contributed by atoms with Crippen LogP contribution in [0.15, 0.2) is 41.5 Å². The Morgan fingerprint density at radius 2 is 2.09 bits per heavy atom. The summed E-state index contributed by atoms with van der Waals surface area (Å²) in [5.41, 5.74) is 1.55. The summed E-state index contributed by atoms with van der Waals surface area (Å²) in [6, 6.07) is 6.62. The smallest absolute Gasteiger partial charge is 0.260 e. The first-order chi connectivity index (χ1) is 16.5. The van der Waals surface area contributed by atoms with Gasteiger partial charge in [0.15, 0.2) is 0 Å². The highest BCUT2D eigenvalue weighted by Gasteiger charge is 2.29. The van der Waals surface area contributed by atoms with E-state index in [1.54, 1.807) is 19.1 Å². The molecule has 4 aromatic rings. The van der Waals surface area contributed by atoms with Crippen molar-refractivity contribution in [2.75, 3.05) is 24.6 Å². The zero-order chi connectivity index (χ0) is 23.4.